The zero-order valence-electron chi connectivity index (χ0n) is 12.3. The SMILES string of the molecule is CCCNS(=O)(=O)c1ccc(OC)c(C(C)(C)C)c1. The Hall–Kier alpha value is -1.07. The molecule has 0 aromatic heterocycles. The van der Waals surface area contributed by atoms with E-state index in [0.717, 1.165) is 12.0 Å². The second kappa shape index (κ2) is 5.92. The summed E-state index contributed by atoms with van der Waals surface area (Å²) in [4.78, 5) is 0.284. The smallest absolute Gasteiger partial charge is 0.240 e. The van der Waals surface area contributed by atoms with Gasteiger partial charge in [-0.2, -0.15) is 0 Å². The fraction of sp³-hybridized carbons (Fsp3) is 0.571. The van der Waals surface area contributed by atoms with Crippen LogP contribution in [0.5, 0.6) is 5.75 Å². The van der Waals surface area contributed by atoms with Crippen LogP contribution in [0.3, 0.4) is 0 Å². The molecule has 1 N–H and O–H groups in total. The highest BCUT2D eigenvalue weighted by atomic mass is 32.2. The molecule has 0 fully saturated rings. The highest BCUT2D eigenvalue weighted by Crippen LogP contribution is 2.33. The predicted molar refractivity (Wildman–Crippen MR) is 77.2 cm³/mol. The van der Waals surface area contributed by atoms with Gasteiger partial charge in [-0.3, -0.25) is 0 Å². The molecule has 1 aromatic rings. The molecular formula is C14H23NO3S. The molecule has 5 heteroatoms. The third kappa shape index (κ3) is 3.94. The number of sulfonamides is 1. The first-order valence-corrected chi connectivity index (χ1v) is 7.89. The van der Waals surface area contributed by atoms with Gasteiger partial charge in [0.15, 0.2) is 0 Å². The molecule has 4 nitrogen and oxygen atoms in total. The van der Waals surface area contributed by atoms with Gasteiger partial charge < -0.3 is 4.74 Å². The van der Waals surface area contributed by atoms with Gasteiger partial charge in [0.1, 0.15) is 5.75 Å². The molecule has 0 spiro atoms. The van der Waals surface area contributed by atoms with E-state index in [0.29, 0.717) is 12.3 Å². The Morgan fingerprint density at radius 1 is 1.26 bits per heavy atom. The molecule has 1 rings (SSSR count). The number of hydrogen-bond acceptors (Lipinski definition) is 3. The van der Waals surface area contributed by atoms with E-state index in [-0.39, 0.29) is 10.3 Å². The minimum atomic E-state index is -3.44. The molecular weight excluding hydrogens is 262 g/mol. The third-order valence-electron chi connectivity index (χ3n) is 2.83. The number of nitrogens with one attached hydrogen (secondary N) is 1. The molecule has 0 amide bonds. The third-order valence-corrected chi connectivity index (χ3v) is 4.29. The molecule has 0 bridgehead atoms. The average molecular weight is 285 g/mol. The van der Waals surface area contributed by atoms with Crippen LogP contribution in [-0.4, -0.2) is 22.1 Å². The van der Waals surface area contributed by atoms with Gasteiger partial charge in [-0.25, -0.2) is 13.1 Å². The van der Waals surface area contributed by atoms with E-state index in [2.05, 4.69) is 4.72 Å². The molecule has 0 unspecified atom stereocenters. The van der Waals surface area contributed by atoms with Crippen LogP contribution in [0, 0.1) is 0 Å². The van der Waals surface area contributed by atoms with Gasteiger partial charge in [0, 0.05) is 12.1 Å². The Kier molecular flexibility index (Phi) is 4.98. The fourth-order valence-corrected chi connectivity index (χ4v) is 2.92. The average Bonchev–Trinajstić information content (AvgIpc) is 2.34. The Bertz CT molecular complexity index is 530. The second-order valence-corrected chi connectivity index (χ2v) is 7.28. The number of benzene rings is 1. The van der Waals surface area contributed by atoms with E-state index in [4.69, 9.17) is 4.74 Å². The van der Waals surface area contributed by atoms with Crippen molar-refractivity contribution in [3.63, 3.8) is 0 Å². The predicted octanol–water partition coefficient (Wildman–Crippen LogP) is 2.68. The minimum absolute atomic E-state index is 0.179. The number of methoxy groups -OCH3 is 1. The van der Waals surface area contributed by atoms with Gasteiger partial charge in [0.05, 0.1) is 12.0 Å². The number of ether oxygens (including phenoxy) is 1. The topological polar surface area (TPSA) is 55.4 Å². The standard InChI is InChI=1S/C14H23NO3S/c1-6-9-15-19(16,17)11-7-8-13(18-5)12(10-11)14(2,3)4/h7-8,10,15H,6,9H2,1-5H3. The van der Waals surface area contributed by atoms with Crippen LogP contribution < -0.4 is 9.46 Å². The van der Waals surface area contributed by atoms with Crippen molar-refractivity contribution in [2.45, 2.75) is 44.4 Å². The number of hydrogen-bond donors (Lipinski definition) is 1. The summed E-state index contributed by atoms with van der Waals surface area (Å²) < 4.78 is 32.1. The van der Waals surface area contributed by atoms with Crippen molar-refractivity contribution < 1.29 is 13.2 Å². The summed E-state index contributed by atoms with van der Waals surface area (Å²) in [6.07, 6.45) is 0.765. The van der Waals surface area contributed by atoms with E-state index in [1.807, 2.05) is 27.7 Å². The zero-order chi connectivity index (χ0) is 14.7. The van der Waals surface area contributed by atoms with E-state index in [1.54, 1.807) is 25.3 Å². The van der Waals surface area contributed by atoms with Crippen molar-refractivity contribution >= 4 is 10.0 Å². The van der Waals surface area contributed by atoms with Gasteiger partial charge in [0.25, 0.3) is 0 Å². The van der Waals surface area contributed by atoms with E-state index >= 15 is 0 Å². The molecule has 1 aromatic carbocycles. The second-order valence-electron chi connectivity index (χ2n) is 5.51. The number of rotatable bonds is 5. The quantitative estimate of drug-likeness (QED) is 0.905. The lowest BCUT2D eigenvalue weighted by molar-refractivity contribution is 0.397. The summed E-state index contributed by atoms with van der Waals surface area (Å²) >= 11 is 0. The summed E-state index contributed by atoms with van der Waals surface area (Å²) in [6.45, 7) is 8.46. The molecule has 0 saturated heterocycles. The van der Waals surface area contributed by atoms with E-state index in [9.17, 15) is 8.42 Å². The van der Waals surface area contributed by atoms with Gasteiger partial charge in [0.2, 0.25) is 10.0 Å². The van der Waals surface area contributed by atoms with Crippen LogP contribution in [0.15, 0.2) is 23.1 Å². The van der Waals surface area contributed by atoms with Crippen LogP contribution in [0.25, 0.3) is 0 Å². The van der Waals surface area contributed by atoms with Crippen LogP contribution in [0.2, 0.25) is 0 Å². The molecule has 0 atom stereocenters. The van der Waals surface area contributed by atoms with Crippen molar-refractivity contribution in [3.8, 4) is 5.75 Å². The van der Waals surface area contributed by atoms with Crippen molar-refractivity contribution in [1.82, 2.24) is 4.72 Å². The van der Waals surface area contributed by atoms with Gasteiger partial charge in [-0.05, 0) is 30.0 Å². The molecule has 0 saturated carbocycles. The zero-order valence-corrected chi connectivity index (χ0v) is 13.1. The molecule has 0 radical (unpaired) electrons. The summed E-state index contributed by atoms with van der Waals surface area (Å²) in [5, 5.41) is 0. The van der Waals surface area contributed by atoms with Crippen LogP contribution in [-0.2, 0) is 15.4 Å². The normalized spacial score (nSPS) is 12.5. The van der Waals surface area contributed by atoms with Gasteiger partial charge in [-0.15, -0.1) is 0 Å². The first-order chi connectivity index (χ1) is 8.72. The summed E-state index contributed by atoms with van der Waals surface area (Å²) in [6, 6.07) is 4.98. The largest absolute Gasteiger partial charge is 0.496 e. The van der Waals surface area contributed by atoms with Crippen LogP contribution in [0.1, 0.15) is 39.7 Å². The maximum absolute atomic E-state index is 12.1. The lowest BCUT2D eigenvalue weighted by Gasteiger charge is -2.22. The van der Waals surface area contributed by atoms with Crippen LogP contribution in [0.4, 0.5) is 0 Å². The van der Waals surface area contributed by atoms with E-state index < -0.39 is 10.0 Å². The van der Waals surface area contributed by atoms with Gasteiger partial charge in [-0.1, -0.05) is 27.7 Å². The summed E-state index contributed by atoms with van der Waals surface area (Å²) in [7, 11) is -1.84. The lowest BCUT2D eigenvalue weighted by Crippen LogP contribution is -2.25. The Labute approximate surface area is 116 Å². The highest BCUT2D eigenvalue weighted by molar-refractivity contribution is 7.89. The Balaban J connectivity index is 3.26. The first kappa shape index (κ1) is 16.0. The first-order valence-electron chi connectivity index (χ1n) is 6.40. The van der Waals surface area contributed by atoms with Crippen molar-refractivity contribution in [2.75, 3.05) is 13.7 Å². The molecule has 0 aliphatic rings. The molecule has 0 heterocycles. The molecule has 19 heavy (non-hydrogen) atoms. The fourth-order valence-electron chi connectivity index (χ4n) is 1.76. The molecule has 0 aliphatic heterocycles. The maximum Gasteiger partial charge on any atom is 0.240 e. The lowest BCUT2D eigenvalue weighted by atomic mass is 9.86. The molecule has 0 aliphatic carbocycles. The van der Waals surface area contributed by atoms with Crippen molar-refractivity contribution in [3.05, 3.63) is 23.8 Å². The Morgan fingerprint density at radius 3 is 2.37 bits per heavy atom. The monoisotopic (exact) mass is 285 g/mol. The summed E-state index contributed by atoms with van der Waals surface area (Å²) in [5.74, 6) is 0.710. The van der Waals surface area contributed by atoms with Crippen molar-refractivity contribution in [1.29, 1.82) is 0 Å². The molecule has 108 valence electrons. The van der Waals surface area contributed by atoms with Gasteiger partial charge >= 0.3 is 0 Å². The maximum atomic E-state index is 12.1. The van der Waals surface area contributed by atoms with E-state index in [1.165, 1.54) is 0 Å². The highest BCUT2D eigenvalue weighted by Gasteiger charge is 2.22. The summed E-state index contributed by atoms with van der Waals surface area (Å²) in [5.41, 5.74) is 0.705. The van der Waals surface area contributed by atoms with Crippen LogP contribution >= 0.6 is 0 Å². The van der Waals surface area contributed by atoms with Crippen molar-refractivity contribution in [2.24, 2.45) is 0 Å². The minimum Gasteiger partial charge on any atom is -0.496 e. The Morgan fingerprint density at radius 2 is 1.89 bits per heavy atom.